The molecule has 0 bridgehead atoms. The van der Waals surface area contributed by atoms with E-state index in [1.165, 1.54) is 63.4 Å². The molecule has 3 aliphatic carbocycles. The number of piperidine rings is 1. The van der Waals surface area contributed by atoms with Crippen molar-refractivity contribution < 1.29 is 0 Å². The standard InChI is InChI=1S/C29H45N/c1-27(2,3)20-12-13-21-22-14-15-24(28(4,5)6)30-26(22)25(23(21)18-20)29(16-9-17-29)19-10-7-8-11-19/h12-13,18-19,22,24-26,30H,7-11,14-17H2,1-6H3. The lowest BCUT2D eigenvalue weighted by atomic mass is 9.51. The van der Waals surface area contributed by atoms with E-state index in [1.54, 1.807) is 11.1 Å². The molecule has 1 heteroatoms. The highest BCUT2D eigenvalue weighted by molar-refractivity contribution is 5.48. The van der Waals surface area contributed by atoms with Crippen LogP contribution >= 0.6 is 0 Å². The van der Waals surface area contributed by atoms with Gasteiger partial charge in [-0.15, -0.1) is 0 Å². The molecule has 0 amide bonds. The predicted octanol–water partition coefficient (Wildman–Crippen LogP) is 7.69. The Bertz CT molecular complexity index is 782. The van der Waals surface area contributed by atoms with E-state index in [-0.39, 0.29) is 5.41 Å². The molecule has 5 rings (SSSR count). The molecule has 30 heavy (non-hydrogen) atoms. The summed E-state index contributed by atoms with van der Waals surface area (Å²) in [7, 11) is 0. The SMILES string of the molecule is CC(C)(C)c1ccc2c(c1)C(C1(C3CCCC3)CCC1)C1NC(C(C)(C)C)CCC21. The van der Waals surface area contributed by atoms with Gasteiger partial charge in [0.2, 0.25) is 0 Å². The summed E-state index contributed by atoms with van der Waals surface area (Å²) in [5.41, 5.74) is 6.16. The first-order chi connectivity index (χ1) is 14.1. The van der Waals surface area contributed by atoms with Crippen LogP contribution in [0.15, 0.2) is 18.2 Å². The van der Waals surface area contributed by atoms with Gasteiger partial charge in [-0.1, -0.05) is 79.0 Å². The first kappa shape index (κ1) is 21.0. The van der Waals surface area contributed by atoms with Gasteiger partial charge in [0.1, 0.15) is 0 Å². The van der Waals surface area contributed by atoms with E-state index >= 15 is 0 Å². The summed E-state index contributed by atoms with van der Waals surface area (Å²) in [6.07, 6.45) is 13.0. The fraction of sp³-hybridized carbons (Fsp3) is 0.793. The smallest absolute Gasteiger partial charge is 0.0213 e. The summed E-state index contributed by atoms with van der Waals surface area (Å²) in [6.45, 7) is 14.5. The van der Waals surface area contributed by atoms with Crippen molar-refractivity contribution in [3.8, 4) is 0 Å². The maximum atomic E-state index is 4.31. The molecule has 1 heterocycles. The van der Waals surface area contributed by atoms with Crippen LogP contribution in [-0.2, 0) is 5.41 Å². The molecular formula is C29H45N. The molecule has 1 N–H and O–H groups in total. The fourth-order valence-corrected chi connectivity index (χ4v) is 7.89. The van der Waals surface area contributed by atoms with Crippen molar-refractivity contribution in [2.24, 2.45) is 16.7 Å². The predicted molar refractivity (Wildman–Crippen MR) is 128 cm³/mol. The molecule has 1 aromatic rings. The van der Waals surface area contributed by atoms with E-state index in [9.17, 15) is 0 Å². The summed E-state index contributed by atoms with van der Waals surface area (Å²) in [5, 5.41) is 4.31. The van der Waals surface area contributed by atoms with Crippen molar-refractivity contribution in [3.63, 3.8) is 0 Å². The highest BCUT2D eigenvalue weighted by Crippen LogP contribution is 2.66. The third-order valence-corrected chi connectivity index (χ3v) is 9.76. The van der Waals surface area contributed by atoms with Gasteiger partial charge in [0.15, 0.2) is 0 Å². The third kappa shape index (κ3) is 3.21. The molecule has 3 fully saturated rings. The Morgan fingerprint density at radius 2 is 1.53 bits per heavy atom. The topological polar surface area (TPSA) is 12.0 Å². The second-order valence-electron chi connectivity index (χ2n) is 13.4. The van der Waals surface area contributed by atoms with Crippen LogP contribution in [0.5, 0.6) is 0 Å². The molecule has 166 valence electrons. The normalized spacial score (nSPS) is 33.8. The van der Waals surface area contributed by atoms with Crippen molar-refractivity contribution in [1.82, 2.24) is 5.32 Å². The molecule has 1 aromatic carbocycles. The minimum Gasteiger partial charge on any atom is -0.309 e. The zero-order valence-corrected chi connectivity index (χ0v) is 20.5. The molecule has 1 aliphatic heterocycles. The van der Waals surface area contributed by atoms with E-state index in [4.69, 9.17) is 0 Å². The van der Waals surface area contributed by atoms with Gasteiger partial charge in [-0.25, -0.2) is 0 Å². The second-order valence-corrected chi connectivity index (χ2v) is 13.4. The van der Waals surface area contributed by atoms with Crippen LogP contribution in [0.1, 0.15) is 128 Å². The summed E-state index contributed by atoms with van der Waals surface area (Å²) in [4.78, 5) is 0. The lowest BCUT2D eigenvalue weighted by Crippen LogP contribution is -2.56. The van der Waals surface area contributed by atoms with Crippen LogP contribution in [0, 0.1) is 16.7 Å². The van der Waals surface area contributed by atoms with Crippen molar-refractivity contribution in [2.75, 3.05) is 0 Å². The number of nitrogens with one attached hydrogen (secondary N) is 1. The van der Waals surface area contributed by atoms with Crippen LogP contribution in [-0.4, -0.2) is 12.1 Å². The van der Waals surface area contributed by atoms with Crippen LogP contribution in [0.25, 0.3) is 0 Å². The fourth-order valence-electron chi connectivity index (χ4n) is 7.89. The molecule has 4 aliphatic rings. The number of rotatable bonds is 2. The maximum absolute atomic E-state index is 4.31. The highest BCUT2D eigenvalue weighted by atomic mass is 15.0. The molecule has 1 nitrogen and oxygen atoms in total. The van der Waals surface area contributed by atoms with Gasteiger partial charge in [-0.05, 0) is 77.4 Å². The highest BCUT2D eigenvalue weighted by Gasteiger charge is 2.58. The Kier molecular flexibility index (Phi) is 4.98. The Hall–Kier alpha value is -0.820. The lowest BCUT2D eigenvalue weighted by molar-refractivity contribution is -0.00401. The maximum Gasteiger partial charge on any atom is 0.0213 e. The van der Waals surface area contributed by atoms with Gasteiger partial charge >= 0.3 is 0 Å². The summed E-state index contributed by atoms with van der Waals surface area (Å²) >= 11 is 0. The van der Waals surface area contributed by atoms with E-state index < -0.39 is 0 Å². The van der Waals surface area contributed by atoms with E-state index in [0.29, 0.717) is 22.9 Å². The minimum atomic E-state index is 0.231. The Morgan fingerprint density at radius 1 is 0.833 bits per heavy atom. The summed E-state index contributed by atoms with van der Waals surface area (Å²) in [5.74, 6) is 2.44. The average molecular weight is 408 g/mol. The minimum absolute atomic E-state index is 0.231. The number of benzene rings is 1. The molecule has 1 saturated heterocycles. The molecule has 0 radical (unpaired) electrons. The molecule has 0 aromatic heterocycles. The summed E-state index contributed by atoms with van der Waals surface area (Å²) < 4.78 is 0. The van der Waals surface area contributed by atoms with Crippen LogP contribution in [0.2, 0.25) is 0 Å². The molecule has 2 saturated carbocycles. The Labute approximate surface area is 185 Å². The molecular weight excluding hydrogens is 362 g/mol. The second kappa shape index (κ2) is 7.09. The zero-order chi connectivity index (χ0) is 21.3. The molecule has 4 atom stereocenters. The third-order valence-electron chi connectivity index (χ3n) is 9.76. The van der Waals surface area contributed by atoms with Gasteiger partial charge in [0.05, 0.1) is 0 Å². The van der Waals surface area contributed by atoms with Crippen molar-refractivity contribution >= 4 is 0 Å². The van der Waals surface area contributed by atoms with Crippen LogP contribution in [0.4, 0.5) is 0 Å². The van der Waals surface area contributed by atoms with E-state index in [0.717, 1.165) is 17.8 Å². The monoisotopic (exact) mass is 407 g/mol. The van der Waals surface area contributed by atoms with Crippen LogP contribution in [0.3, 0.4) is 0 Å². The van der Waals surface area contributed by atoms with E-state index in [2.05, 4.69) is 65.1 Å². The largest absolute Gasteiger partial charge is 0.309 e. The Balaban J connectivity index is 1.60. The number of fused-ring (bicyclic) bond motifs is 3. The molecule has 0 spiro atoms. The summed E-state index contributed by atoms with van der Waals surface area (Å²) in [6, 6.07) is 8.99. The zero-order valence-electron chi connectivity index (χ0n) is 20.5. The van der Waals surface area contributed by atoms with Gasteiger partial charge in [-0.3, -0.25) is 0 Å². The van der Waals surface area contributed by atoms with Gasteiger partial charge in [0, 0.05) is 23.9 Å². The quantitative estimate of drug-likeness (QED) is 0.530. The first-order valence-corrected chi connectivity index (χ1v) is 13.0. The van der Waals surface area contributed by atoms with Gasteiger partial charge < -0.3 is 5.32 Å². The number of hydrogen-bond acceptors (Lipinski definition) is 1. The lowest BCUT2D eigenvalue weighted by Gasteiger charge is -2.55. The van der Waals surface area contributed by atoms with Crippen molar-refractivity contribution in [3.05, 3.63) is 34.9 Å². The van der Waals surface area contributed by atoms with Gasteiger partial charge in [0.25, 0.3) is 0 Å². The average Bonchev–Trinajstić information content (AvgIpc) is 3.26. The van der Waals surface area contributed by atoms with E-state index in [1.807, 2.05) is 0 Å². The van der Waals surface area contributed by atoms with Crippen molar-refractivity contribution in [2.45, 2.75) is 129 Å². The first-order valence-electron chi connectivity index (χ1n) is 13.0. The van der Waals surface area contributed by atoms with Gasteiger partial charge in [-0.2, -0.15) is 0 Å². The Morgan fingerprint density at radius 3 is 2.10 bits per heavy atom. The van der Waals surface area contributed by atoms with Crippen molar-refractivity contribution in [1.29, 1.82) is 0 Å². The molecule has 4 unspecified atom stereocenters. The van der Waals surface area contributed by atoms with Crippen LogP contribution < -0.4 is 5.32 Å². The number of hydrogen-bond donors (Lipinski definition) is 1.